The van der Waals surface area contributed by atoms with Crippen molar-refractivity contribution in [2.24, 2.45) is 0 Å². The van der Waals surface area contributed by atoms with Crippen LogP contribution in [0, 0.1) is 0 Å². The Labute approximate surface area is 136 Å². The third-order valence-electron chi connectivity index (χ3n) is 5.56. The zero-order chi connectivity index (χ0) is 17.0. The van der Waals surface area contributed by atoms with Crippen LogP contribution in [0.1, 0.15) is 63.5 Å². The van der Waals surface area contributed by atoms with Gasteiger partial charge in [0.25, 0.3) is 0 Å². The molecule has 4 heteroatoms. The van der Waals surface area contributed by atoms with Crippen molar-refractivity contribution in [2.75, 3.05) is 0 Å². The molecule has 0 saturated carbocycles. The maximum Gasteiger partial charge on any atom is 0.310 e. The van der Waals surface area contributed by atoms with Gasteiger partial charge in [-0.05, 0) is 52.2 Å². The summed E-state index contributed by atoms with van der Waals surface area (Å²) in [5.41, 5.74) is 1.29. The highest BCUT2D eigenvalue weighted by Gasteiger charge is 2.55. The molecule has 23 heavy (non-hydrogen) atoms. The van der Waals surface area contributed by atoms with Crippen LogP contribution in [0.3, 0.4) is 0 Å². The van der Waals surface area contributed by atoms with Crippen LogP contribution in [0.5, 0.6) is 5.75 Å². The number of carboxylic acids is 1. The predicted molar refractivity (Wildman–Crippen MR) is 87.9 cm³/mol. The summed E-state index contributed by atoms with van der Waals surface area (Å²) in [7, 11) is 0. The summed E-state index contributed by atoms with van der Waals surface area (Å²) in [6.45, 7) is 7.57. The fourth-order valence-electron chi connectivity index (χ4n) is 3.78. The Balaban J connectivity index is 2.10. The second-order valence-electron chi connectivity index (χ2n) is 7.41. The van der Waals surface area contributed by atoms with Gasteiger partial charge in [-0.1, -0.05) is 23.8 Å². The number of hydrogen-bond acceptors (Lipinski definition) is 3. The van der Waals surface area contributed by atoms with Crippen LogP contribution in [0.2, 0.25) is 0 Å². The Kier molecular flexibility index (Phi) is 3.56. The van der Waals surface area contributed by atoms with E-state index in [0.717, 1.165) is 17.5 Å². The molecule has 1 heterocycles. The third-order valence-corrected chi connectivity index (χ3v) is 5.56. The summed E-state index contributed by atoms with van der Waals surface area (Å²) >= 11 is 0. The Hall–Kier alpha value is -1.81. The van der Waals surface area contributed by atoms with E-state index in [0.29, 0.717) is 12.2 Å². The molecule has 0 radical (unpaired) electrons. The van der Waals surface area contributed by atoms with Crippen LogP contribution in [0.15, 0.2) is 29.8 Å². The van der Waals surface area contributed by atoms with Gasteiger partial charge < -0.3 is 14.9 Å². The lowest BCUT2D eigenvalue weighted by Crippen LogP contribution is -2.60. The van der Waals surface area contributed by atoms with E-state index >= 15 is 0 Å². The Morgan fingerprint density at radius 3 is 2.74 bits per heavy atom. The van der Waals surface area contributed by atoms with Crippen LogP contribution in [0.4, 0.5) is 0 Å². The number of rotatable bonds is 2. The summed E-state index contributed by atoms with van der Waals surface area (Å²) < 4.78 is 6.13. The average molecular weight is 316 g/mol. The van der Waals surface area contributed by atoms with Crippen LogP contribution < -0.4 is 4.74 Å². The lowest BCUT2D eigenvalue weighted by Gasteiger charge is -2.53. The number of ether oxygens (including phenoxy) is 1. The minimum Gasteiger partial charge on any atom is -0.485 e. The van der Waals surface area contributed by atoms with Crippen LogP contribution >= 0.6 is 0 Å². The van der Waals surface area contributed by atoms with E-state index < -0.39 is 23.1 Å². The molecule has 3 rings (SSSR count). The van der Waals surface area contributed by atoms with Crippen molar-refractivity contribution in [2.45, 2.75) is 63.6 Å². The zero-order valence-corrected chi connectivity index (χ0v) is 14.1. The van der Waals surface area contributed by atoms with Crippen molar-refractivity contribution < 1.29 is 19.7 Å². The van der Waals surface area contributed by atoms with Crippen molar-refractivity contribution >= 4 is 5.97 Å². The highest BCUT2D eigenvalue weighted by molar-refractivity contribution is 5.75. The Morgan fingerprint density at radius 1 is 1.39 bits per heavy atom. The molecule has 0 bridgehead atoms. The normalized spacial score (nSPS) is 29.6. The van der Waals surface area contributed by atoms with Crippen LogP contribution in [-0.2, 0) is 4.79 Å². The molecule has 124 valence electrons. The Morgan fingerprint density at radius 2 is 2.09 bits per heavy atom. The van der Waals surface area contributed by atoms with Gasteiger partial charge >= 0.3 is 5.97 Å². The van der Waals surface area contributed by atoms with Gasteiger partial charge in [-0.25, -0.2) is 0 Å². The van der Waals surface area contributed by atoms with Crippen molar-refractivity contribution in [1.82, 2.24) is 0 Å². The van der Waals surface area contributed by atoms with Crippen molar-refractivity contribution in [3.05, 3.63) is 41.0 Å². The zero-order valence-electron chi connectivity index (χ0n) is 14.1. The fourth-order valence-corrected chi connectivity index (χ4v) is 3.78. The predicted octanol–water partition coefficient (Wildman–Crippen LogP) is 3.60. The van der Waals surface area contributed by atoms with Gasteiger partial charge in [0.2, 0.25) is 0 Å². The second kappa shape index (κ2) is 5.10. The summed E-state index contributed by atoms with van der Waals surface area (Å²) in [4.78, 5) is 11.2. The maximum absolute atomic E-state index is 11.3. The monoisotopic (exact) mass is 316 g/mol. The molecule has 0 unspecified atom stereocenters. The van der Waals surface area contributed by atoms with E-state index in [2.05, 4.69) is 13.0 Å². The molecule has 3 atom stereocenters. The van der Waals surface area contributed by atoms with Gasteiger partial charge in [0.05, 0.1) is 5.92 Å². The molecule has 0 fully saturated rings. The molecule has 2 N–H and O–H groups in total. The number of hydrogen-bond donors (Lipinski definition) is 2. The van der Waals surface area contributed by atoms with Gasteiger partial charge in [0, 0.05) is 11.5 Å². The molecule has 1 aliphatic carbocycles. The summed E-state index contributed by atoms with van der Waals surface area (Å²) in [6, 6.07) is 5.59. The fraction of sp³-hybridized carbons (Fsp3) is 0.526. The molecule has 2 aliphatic rings. The van der Waals surface area contributed by atoms with Gasteiger partial charge in [0.15, 0.2) is 0 Å². The molecular weight excluding hydrogens is 292 g/mol. The molecule has 1 aliphatic heterocycles. The number of carboxylic acid groups (broad SMARTS) is 1. The van der Waals surface area contributed by atoms with E-state index in [1.54, 1.807) is 6.92 Å². The highest BCUT2D eigenvalue weighted by atomic mass is 16.5. The molecule has 0 amide bonds. The van der Waals surface area contributed by atoms with Gasteiger partial charge in [-0.2, -0.15) is 0 Å². The van der Waals surface area contributed by atoms with E-state index in [4.69, 9.17) is 4.74 Å². The molecule has 4 nitrogen and oxygen atoms in total. The van der Waals surface area contributed by atoms with E-state index in [1.807, 2.05) is 32.0 Å². The van der Waals surface area contributed by atoms with E-state index in [-0.39, 0.29) is 5.92 Å². The number of aliphatic carboxylic acids is 1. The number of aliphatic hydroxyl groups is 1. The Bertz CT molecular complexity index is 689. The third kappa shape index (κ3) is 2.36. The smallest absolute Gasteiger partial charge is 0.310 e. The standard InChI is InChI=1S/C19H24O4/c1-11-7-8-19(22)15(9-11)14-6-5-13(12(2)17(20)21)10-16(14)23-18(19,3)4/h5-7,10,12,15,22H,8-9H2,1-4H3,(H,20,21)/t12-,15-,19-/m1/s1. The number of fused-ring (bicyclic) bond motifs is 3. The van der Waals surface area contributed by atoms with Gasteiger partial charge in [0.1, 0.15) is 17.0 Å². The van der Waals surface area contributed by atoms with E-state index in [1.165, 1.54) is 5.57 Å². The molecule has 0 saturated heterocycles. The van der Waals surface area contributed by atoms with Crippen molar-refractivity contribution in [3.8, 4) is 5.75 Å². The van der Waals surface area contributed by atoms with Gasteiger partial charge in [-0.15, -0.1) is 0 Å². The first-order valence-corrected chi connectivity index (χ1v) is 8.09. The minimum atomic E-state index is -0.945. The summed E-state index contributed by atoms with van der Waals surface area (Å²) in [5.74, 6) is -0.765. The molecule has 0 spiro atoms. The minimum absolute atomic E-state index is 0.0274. The summed E-state index contributed by atoms with van der Waals surface area (Å²) in [6.07, 6.45) is 3.46. The van der Waals surface area contributed by atoms with Gasteiger partial charge in [-0.3, -0.25) is 4.79 Å². The second-order valence-corrected chi connectivity index (χ2v) is 7.41. The topological polar surface area (TPSA) is 66.8 Å². The molecule has 1 aromatic carbocycles. The number of allylic oxidation sites excluding steroid dienone is 1. The number of benzene rings is 1. The quantitative estimate of drug-likeness (QED) is 0.818. The number of carbonyl (C=O) groups is 1. The average Bonchev–Trinajstić information content (AvgIpc) is 2.47. The lowest BCUT2D eigenvalue weighted by molar-refractivity contribution is -0.146. The molecule has 0 aromatic heterocycles. The first-order valence-electron chi connectivity index (χ1n) is 8.09. The summed E-state index contributed by atoms with van der Waals surface area (Å²) in [5, 5.41) is 20.5. The largest absolute Gasteiger partial charge is 0.485 e. The van der Waals surface area contributed by atoms with Crippen molar-refractivity contribution in [1.29, 1.82) is 0 Å². The highest BCUT2D eigenvalue weighted by Crippen LogP contribution is 2.54. The lowest BCUT2D eigenvalue weighted by atomic mass is 9.63. The van der Waals surface area contributed by atoms with Crippen LogP contribution in [0.25, 0.3) is 0 Å². The first kappa shape index (κ1) is 16.1. The van der Waals surface area contributed by atoms with Crippen molar-refractivity contribution in [3.63, 3.8) is 0 Å². The molecule has 1 aromatic rings. The SMILES string of the molecule is CC1=CC[C@@]2(O)[C@H](C1)c1ccc([C@@H](C)C(=O)O)cc1OC2(C)C. The van der Waals surface area contributed by atoms with E-state index in [9.17, 15) is 15.0 Å². The molecular formula is C19H24O4. The first-order chi connectivity index (χ1) is 10.7. The van der Waals surface area contributed by atoms with Crippen LogP contribution in [-0.4, -0.2) is 27.4 Å². The maximum atomic E-state index is 11.3.